The summed E-state index contributed by atoms with van der Waals surface area (Å²) in [4.78, 5) is 19.5. The number of nitrogens with zero attached hydrogens (tertiary/aromatic N) is 3. The third-order valence-electron chi connectivity index (χ3n) is 5.63. The number of carbonyl (C=O) groups is 1. The maximum atomic E-state index is 12.2. The number of fused-ring (bicyclic) bond motifs is 1. The number of amides is 1. The van der Waals surface area contributed by atoms with Gasteiger partial charge >= 0.3 is 0 Å². The van der Waals surface area contributed by atoms with Crippen LogP contribution in [0.1, 0.15) is 17.0 Å². The molecule has 0 bridgehead atoms. The van der Waals surface area contributed by atoms with E-state index in [1.54, 1.807) is 6.08 Å². The number of para-hydroxylation sites is 2. The van der Waals surface area contributed by atoms with Gasteiger partial charge in [0.15, 0.2) is 0 Å². The third-order valence-corrected chi connectivity index (χ3v) is 5.63. The average Bonchev–Trinajstić information content (AvgIpc) is 3.15. The molecule has 1 saturated heterocycles. The standard InChI is InChI=1S/C25H30N4O2/c1-20-6-8-21(9-7-20)10-11-25(30)26-13-12-24-27-22-4-2-3-5-23(22)29(24)15-14-28-16-18-31-19-17-28/h2-11H,12-19H2,1H3,(H,26,30)/b11-10+. The Balaban J connectivity index is 1.36. The lowest BCUT2D eigenvalue weighted by Gasteiger charge is -2.27. The van der Waals surface area contributed by atoms with Crippen molar-refractivity contribution in [2.75, 3.05) is 39.4 Å². The van der Waals surface area contributed by atoms with Crippen LogP contribution in [0, 0.1) is 6.92 Å². The fraction of sp³-hybridized carbons (Fsp3) is 0.360. The molecular formula is C25H30N4O2. The number of aryl methyl sites for hydroxylation is 1. The molecule has 2 aromatic carbocycles. The lowest BCUT2D eigenvalue weighted by atomic mass is 10.1. The molecule has 6 heteroatoms. The summed E-state index contributed by atoms with van der Waals surface area (Å²) in [6, 6.07) is 16.3. The van der Waals surface area contributed by atoms with E-state index in [0.29, 0.717) is 13.0 Å². The van der Waals surface area contributed by atoms with Gasteiger partial charge in [-0.1, -0.05) is 42.0 Å². The fourth-order valence-corrected chi connectivity index (χ4v) is 3.84. The SMILES string of the molecule is Cc1ccc(/C=C/C(=O)NCCc2nc3ccccc3n2CCN2CCOCC2)cc1. The zero-order valence-electron chi connectivity index (χ0n) is 18.1. The first kappa shape index (κ1) is 21.3. The number of rotatable bonds is 8. The van der Waals surface area contributed by atoms with Crippen LogP contribution in [-0.4, -0.2) is 59.8 Å². The first-order valence-corrected chi connectivity index (χ1v) is 11.0. The van der Waals surface area contributed by atoms with Crippen LogP contribution < -0.4 is 5.32 Å². The molecule has 1 amide bonds. The minimum Gasteiger partial charge on any atom is -0.379 e. The van der Waals surface area contributed by atoms with Crippen LogP contribution in [0.4, 0.5) is 0 Å². The van der Waals surface area contributed by atoms with Crippen molar-refractivity contribution in [2.45, 2.75) is 19.9 Å². The van der Waals surface area contributed by atoms with E-state index in [1.165, 1.54) is 5.56 Å². The van der Waals surface area contributed by atoms with Crippen molar-refractivity contribution in [2.24, 2.45) is 0 Å². The predicted molar refractivity (Wildman–Crippen MR) is 124 cm³/mol. The maximum absolute atomic E-state index is 12.2. The highest BCUT2D eigenvalue weighted by Gasteiger charge is 2.14. The molecule has 1 aromatic heterocycles. The summed E-state index contributed by atoms with van der Waals surface area (Å²) >= 11 is 0. The topological polar surface area (TPSA) is 59.4 Å². The van der Waals surface area contributed by atoms with Gasteiger partial charge in [0.2, 0.25) is 5.91 Å². The van der Waals surface area contributed by atoms with Crippen molar-refractivity contribution in [3.63, 3.8) is 0 Å². The largest absolute Gasteiger partial charge is 0.379 e. The van der Waals surface area contributed by atoms with Crippen molar-refractivity contribution < 1.29 is 9.53 Å². The van der Waals surface area contributed by atoms with Gasteiger partial charge in [0, 0.05) is 45.2 Å². The molecule has 6 nitrogen and oxygen atoms in total. The summed E-state index contributed by atoms with van der Waals surface area (Å²) in [5.41, 5.74) is 4.38. The van der Waals surface area contributed by atoms with Crippen molar-refractivity contribution >= 4 is 23.0 Å². The lowest BCUT2D eigenvalue weighted by Crippen LogP contribution is -2.38. The van der Waals surface area contributed by atoms with Crippen LogP contribution in [0.15, 0.2) is 54.6 Å². The van der Waals surface area contributed by atoms with Crippen LogP contribution in [0.2, 0.25) is 0 Å². The molecule has 31 heavy (non-hydrogen) atoms. The molecular weight excluding hydrogens is 388 g/mol. The van der Waals surface area contributed by atoms with Gasteiger partial charge in [-0.3, -0.25) is 9.69 Å². The minimum absolute atomic E-state index is 0.0865. The summed E-state index contributed by atoms with van der Waals surface area (Å²) in [7, 11) is 0. The number of nitrogens with one attached hydrogen (secondary N) is 1. The van der Waals surface area contributed by atoms with Crippen molar-refractivity contribution in [1.82, 2.24) is 19.8 Å². The first-order chi connectivity index (χ1) is 15.2. The third kappa shape index (κ3) is 5.81. The van der Waals surface area contributed by atoms with Gasteiger partial charge in [-0.2, -0.15) is 0 Å². The van der Waals surface area contributed by atoms with Gasteiger partial charge in [-0.05, 0) is 30.7 Å². The molecule has 1 fully saturated rings. The Morgan fingerprint density at radius 2 is 1.87 bits per heavy atom. The van der Waals surface area contributed by atoms with E-state index in [4.69, 9.17) is 9.72 Å². The Hall–Kier alpha value is -2.96. The molecule has 162 valence electrons. The summed E-state index contributed by atoms with van der Waals surface area (Å²) < 4.78 is 7.74. The second-order valence-electron chi connectivity index (χ2n) is 7.91. The van der Waals surface area contributed by atoms with E-state index >= 15 is 0 Å². The lowest BCUT2D eigenvalue weighted by molar-refractivity contribution is -0.116. The second kappa shape index (κ2) is 10.4. The molecule has 2 heterocycles. The molecule has 0 spiro atoms. The number of hydrogen-bond acceptors (Lipinski definition) is 4. The quantitative estimate of drug-likeness (QED) is 0.571. The average molecular weight is 419 g/mol. The Bertz CT molecular complexity index is 1030. The van der Waals surface area contributed by atoms with Crippen LogP contribution >= 0.6 is 0 Å². The van der Waals surface area contributed by atoms with E-state index in [-0.39, 0.29) is 5.91 Å². The normalized spacial score (nSPS) is 15.0. The molecule has 0 radical (unpaired) electrons. The second-order valence-corrected chi connectivity index (χ2v) is 7.91. The molecule has 1 aliphatic heterocycles. The van der Waals surface area contributed by atoms with Crippen LogP contribution in [0.5, 0.6) is 0 Å². The van der Waals surface area contributed by atoms with Crippen LogP contribution in [-0.2, 0) is 22.5 Å². The molecule has 0 atom stereocenters. The molecule has 4 rings (SSSR count). The van der Waals surface area contributed by atoms with Gasteiger partial charge in [0.1, 0.15) is 5.82 Å². The number of aromatic nitrogens is 2. The highest BCUT2D eigenvalue weighted by Crippen LogP contribution is 2.16. The summed E-state index contributed by atoms with van der Waals surface area (Å²) in [6.07, 6.45) is 4.13. The van der Waals surface area contributed by atoms with E-state index in [0.717, 1.165) is 61.8 Å². The Labute approximate surface area is 183 Å². The summed E-state index contributed by atoms with van der Waals surface area (Å²) in [6.45, 7) is 8.03. The van der Waals surface area contributed by atoms with Gasteiger partial charge in [-0.25, -0.2) is 4.98 Å². The van der Waals surface area contributed by atoms with Crippen molar-refractivity contribution in [3.05, 3.63) is 71.6 Å². The maximum Gasteiger partial charge on any atom is 0.244 e. The highest BCUT2D eigenvalue weighted by molar-refractivity contribution is 5.91. The zero-order chi connectivity index (χ0) is 21.5. The van der Waals surface area contributed by atoms with E-state index in [1.807, 2.05) is 42.5 Å². The molecule has 0 aliphatic carbocycles. The molecule has 1 aliphatic rings. The number of hydrogen-bond donors (Lipinski definition) is 1. The molecule has 0 unspecified atom stereocenters. The van der Waals surface area contributed by atoms with Gasteiger partial charge in [-0.15, -0.1) is 0 Å². The Morgan fingerprint density at radius 1 is 1.10 bits per heavy atom. The van der Waals surface area contributed by atoms with Crippen LogP contribution in [0.3, 0.4) is 0 Å². The predicted octanol–water partition coefficient (Wildman–Crippen LogP) is 3.05. The van der Waals surface area contributed by atoms with Gasteiger partial charge < -0.3 is 14.6 Å². The molecule has 3 aromatic rings. The Morgan fingerprint density at radius 3 is 2.68 bits per heavy atom. The summed E-state index contributed by atoms with van der Waals surface area (Å²) in [5, 5.41) is 2.98. The zero-order valence-corrected chi connectivity index (χ0v) is 18.1. The van der Waals surface area contributed by atoms with Gasteiger partial charge in [0.05, 0.1) is 24.2 Å². The monoisotopic (exact) mass is 418 g/mol. The Kier molecular flexibility index (Phi) is 7.12. The summed E-state index contributed by atoms with van der Waals surface area (Å²) in [5.74, 6) is 0.925. The highest BCUT2D eigenvalue weighted by atomic mass is 16.5. The van der Waals surface area contributed by atoms with Gasteiger partial charge in [0.25, 0.3) is 0 Å². The molecule has 1 N–H and O–H groups in total. The first-order valence-electron chi connectivity index (χ1n) is 11.0. The number of ether oxygens (including phenoxy) is 1. The van der Waals surface area contributed by atoms with E-state index < -0.39 is 0 Å². The molecule has 0 saturated carbocycles. The number of imidazole rings is 1. The van der Waals surface area contributed by atoms with Crippen molar-refractivity contribution in [1.29, 1.82) is 0 Å². The van der Waals surface area contributed by atoms with Crippen molar-refractivity contribution in [3.8, 4) is 0 Å². The van der Waals surface area contributed by atoms with E-state index in [9.17, 15) is 4.79 Å². The number of benzene rings is 2. The van der Waals surface area contributed by atoms with E-state index in [2.05, 4.69) is 33.8 Å². The fourth-order valence-electron chi connectivity index (χ4n) is 3.84. The van der Waals surface area contributed by atoms with Crippen LogP contribution in [0.25, 0.3) is 17.1 Å². The number of morpholine rings is 1. The number of carbonyl (C=O) groups excluding carboxylic acids is 1. The minimum atomic E-state index is -0.0865. The smallest absolute Gasteiger partial charge is 0.244 e.